The highest BCUT2D eigenvalue weighted by molar-refractivity contribution is 7.89. The van der Waals surface area contributed by atoms with Crippen molar-refractivity contribution in [1.82, 2.24) is 19.3 Å². The summed E-state index contributed by atoms with van der Waals surface area (Å²) in [6, 6.07) is 3.53. The van der Waals surface area contributed by atoms with Crippen LogP contribution in [0.3, 0.4) is 0 Å². The number of nitrogens with zero attached hydrogens (tertiary/aromatic N) is 4. The van der Waals surface area contributed by atoms with Crippen molar-refractivity contribution < 1.29 is 17.5 Å². The van der Waals surface area contributed by atoms with E-state index in [9.17, 15) is 12.8 Å². The Bertz CT molecular complexity index is 764. The number of methoxy groups -OCH3 is 1. The lowest BCUT2D eigenvalue weighted by atomic mass is 10.3. The van der Waals surface area contributed by atoms with Gasteiger partial charge in [-0.3, -0.25) is 0 Å². The summed E-state index contributed by atoms with van der Waals surface area (Å²) in [6.07, 6.45) is 3.72. The van der Waals surface area contributed by atoms with Crippen molar-refractivity contribution in [2.24, 2.45) is 0 Å². The molecule has 118 valence electrons. The maximum atomic E-state index is 13.7. The molecular formula is C13H15FN4O3S. The van der Waals surface area contributed by atoms with Crippen LogP contribution in [0.4, 0.5) is 4.39 Å². The molecule has 1 fully saturated rings. The Labute approximate surface area is 127 Å². The molecule has 0 saturated carbocycles. The van der Waals surface area contributed by atoms with Gasteiger partial charge in [-0.2, -0.15) is 19.3 Å². The van der Waals surface area contributed by atoms with Gasteiger partial charge in [-0.15, -0.1) is 0 Å². The first-order valence-corrected chi connectivity index (χ1v) is 8.16. The Kier molecular flexibility index (Phi) is 3.83. The zero-order valence-electron chi connectivity index (χ0n) is 11.9. The number of sulfonamides is 1. The van der Waals surface area contributed by atoms with Gasteiger partial charge in [0.15, 0.2) is 11.6 Å². The fourth-order valence-corrected chi connectivity index (χ4v) is 3.99. The van der Waals surface area contributed by atoms with Gasteiger partial charge in [0.1, 0.15) is 0 Å². The van der Waals surface area contributed by atoms with E-state index in [0.29, 0.717) is 13.0 Å². The molecule has 1 aromatic carbocycles. The molecule has 3 rings (SSSR count). The minimum atomic E-state index is -3.74. The Morgan fingerprint density at radius 2 is 2.05 bits per heavy atom. The largest absolute Gasteiger partial charge is 0.494 e. The molecule has 0 bridgehead atoms. The molecule has 7 nitrogen and oxygen atoms in total. The van der Waals surface area contributed by atoms with E-state index in [-0.39, 0.29) is 23.2 Å². The molecule has 9 heteroatoms. The second-order valence-corrected chi connectivity index (χ2v) is 6.89. The van der Waals surface area contributed by atoms with Gasteiger partial charge in [-0.25, -0.2) is 12.8 Å². The Morgan fingerprint density at radius 3 is 2.68 bits per heavy atom. The van der Waals surface area contributed by atoms with Crippen molar-refractivity contribution in [3.05, 3.63) is 36.4 Å². The third-order valence-electron chi connectivity index (χ3n) is 3.65. The van der Waals surface area contributed by atoms with Crippen molar-refractivity contribution in [3.63, 3.8) is 0 Å². The molecule has 0 N–H and O–H groups in total. The third-order valence-corrected chi connectivity index (χ3v) is 5.51. The van der Waals surface area contributed by atoms with E-state index in [2.05, 4.69) is 10.2 Å². The lowest BCUT2D eigenvalue weighted by Crippen LogP contribution is -2.29. The fourth-order valence-electron chi connectivity index (χ4n) is 2.49. The van der Waals surface area contributed by atoms with E-state index in [1.54, 1.807) is 12.4 Å². The molecule has 2 heterocycles. The lowest BCUT2D eigenvalue weighted by molar-refractivity contribution is 0.384. The summed E-state index contributed by atoms with van der Waals surface area (Å²) in [5, 5.41) is 8.06. The van der Waals surface area contributed by atoms with E-state index in [0.717, 1.165) is 6.07 Å². The van der Waals surface area contributed by atoms with Crippen LogP contribution in [0.2, 0.25) is 0 Å². The summed E-state index contributed by atoms with van der Waals surface area (Å²) < 4.78 is 45.0. The Balaban J connectivity index is 1.83. The number of halogens is 1. The summed E-state index contributed by atoms with van der Waals surface area (Å²) in [5.41, 5.74) is 0. The fraction of sp³-hybridized carbons (Fsp3) is 0.385. The Hall–Kier alpha value is -2.00. The number of ether oxygens (including phenoxy) is 1. The summed E-state index contributed by atoms with van der Waals surface area (Å²) in [7, 11) is -2.41. The SMILES string of the molecule is COc1ccc(S(=O)(=O)N2CCC(n3nccn3)C2)cc1F. The molecule has 1 aliphatic rings. The van der Waals surface area contributed by atoms with Gasteiger partial charge >= 0.3 is 0 Å². The quantitative estimate of drug-likeness (QED) is 0.840. The lowest BCUT2D eigenvalue weighted by Gasteiger charge is -2.16. The normalized spacial score (nSPS) is 19.5. The molecule has 1 atom stereocenters. The molecule has 1 aliphatic heterocycles. The highest BCUT2D eigenvalue weighted by Gasteiger charge is 2.34. The van der Waals surface area contributed by atoms with Crippen LogP contribution >= 0.6 is 0 Å². The monoisotopic (exact) mass is 326 g/mol. The molecular weight excluding hydrogens is 311 g/mol. The maximum Gasteiger partial charge on any atom is 0.243 e. The van der Waals surface area contributed by atoms with E-state index >= 15 is 0 Å². The van der Waals surface area contributed by atoms with Gasteiger partial charge in [0.2, 0.25) is 10.0 Å². The minimum absolute atomic E-state index is 0.0130. The standard InChI is InChI=1S/C13H15FN4O3S/c1-21-13-3-2-11(8-12(13)14)22(19,20)17-7-4-10(9-17)18-15-5-6-16-18/h2-3,5-6,8,10H,4,7,9H2,1H3. The molecule has 0 spiro atoms. The number of aromatic nitrogens is 3. The Morgan fingerprint density at radius 1 is 1.32 bits per heavy atom. The average molecular weight is 326 g/mol. The smallest absolute Gasteiger partial charge is 0.243 e. The molecule has 1 saturated heterocycles. The second kappa shape index (κ2) is 5.65. The summed E-state index contributed by atoms with van der Waals surface area (Å²) in [6.45, 7) is 0.618. The molecule has 0 radical (unpaired) electrons. The van der Waals surface area contributed by atoms with Crippen LogP contribution in [-0.2, 0) is 10.0 Å². The first-order chi connectivity index (χ1) is 10.5. The van der Waals surface area contributed by atoms with Gasteiger partial charge in [0.25, 0.3) is 0 Å². The van der Waals surface area contributed by atoms with Crippen LogP contribution in [0.1, 0.15) is 12.5 Å². The van der Waals surface area contributed by atoms with Crippen molar-refractivity contribution in [2.75, 3.05) is 20.2 Å². The molecule has 2 aromatic rings. The number of hydrogen-bond donors (Lipinski definition) is 0. The van der Waals surface area contributed by atoms with Gasteiger partial charge < -0.3 is 4.74 Å². The summed E-state index contributed by atoms with van der Waals surface area (Å²) >= 11 is 0. The number of rotatable bonds is 4. The first-order valence-electron chi connectivity index (χ1n) is 6.72. The third kappa shape index (κ3) is 2.57. The van der Waals surface area contributed by atoms with Gasteiger partial charge in [0.05, 0.1) is 30.4 Å². The zero-order valence-corrected chi connectivity index (χ0v) is 12.7. The van der Waals surface area contributed by atoms with Crippen molar-refractivity contribution in [1.29, 1.82) is 0 Å². The van der Waals surface area contributed by atoms with E-state index in [1.807, 2.05) is 0 Å². The van der Waals surface area contributed by atoms with Crippen LogP contribution in [-0.4, -0.2) is 47.9 Å². The zero-order chi connectivity index (χ0) is 15.7. The van der Waals surface area contributed by atoms with Crippen LogP contribution in [0.25, 0.3) is 0 Å². The molecule has 0 amide bonds. The van der Waals surface area contributed by atoms with E-state index < -0.39 is 15.8 Å². The van der Waals surface area contributed by atoms with E-state index in [1.165, 1.54) is 28.3 Å². The van der Waals surface area contributed by atoms with Crippen molar-refractivity contribution in [3.8, 4) is 5.75 Å². The maximum absolute atomic E-state index is 13.7. The predicted molar refractivity (Wildman–Crippen MR) is 75.4 cm³/mol. The highest BCUT2D eigenvalue weighted by Crippen LogP contribution is 2.28. The first kappa shape index (κ1) is 14.9. The van der Waals surface area contributed by atoms with Crippen molar-refractivity contribution >= 4 is 10.0 Å². The number of hydrogen-bond acceptors (Lipinski definition) is 5. The number of benzene rings is 1. The van der Waals surface area contributed by atoms with Crippen LogP contribution in [0, 0.1) is 5.82 Å². The molecule has 1 unspecified atom stereocenters. The summed E-state index contributed by atoms with van der Waals surface area (Å²) in [5.74, 6) is -0.688. The topological polar surface area (TPSA) is 77.3 Å². The van der Waals surface area contributed by atoms with Crippen molar-refractivity contribution in [2.45, 2.75) is 17.4 Å². The summed E-state index contributed by atoms with van der Waals surface area (Å²) in [4.78, 5) is 1.42. The van der Waals surface area contributed by atoms with Crippen LogP contribution in [0.15, 0.2) is 35.5 Å². The average Bonchev–Trinajstić information content (AvgIpc) is 3.18. The molecule has 1 aromatic heterocycles. The predicted octanol–water partition coefficient (Wildman–Crippen LogP) is 1.06. The minimum Gasteiger partial charge on any atom is -0.494 e. The van der Waals surface area contributed by atoms with E-state index in [4.69, 9.17) is 4.74 Å². The van der Waals surface area contributed by atoms with Crippen LogP contribution in [0.5, 0.6) is 5.75 Å². The molecule has 0 aliphatic carbocycles. The van der Waals surface area contributed by atoms with Gasteiger partial charge in [0, 0.05) is 13.1 Å². The second-order valence-electron chi connectivity index (χ2n) is 4.95. The van der Waals surface area contributed by atoms with Crippen LogP contribution < -0.4 is 4.74 Å². The van der Waals surface area contributed by atoms with Gasteiger partial charge in [-0.05, 0) is 24.6 Å². The highest BCUT2D eigenvalue weighted by atomic mass is 32.2. The van der Waals surface area contributed by atoms with Gasteiger partial charge in [-0.1, -0.05) is 0 Å². The molecule has 22 heavy (non-hydrogen) atoms.